The molecule has 0 aliphatic heterocycles. The third-order valence-corrected chi connectivity index (χ3v) is 2.29. The summed E-state index contributed by atoms with van der Waals surface area (Å²) in [4.78, 5) is 24.4. The Balaban J connectivity index is 4.58. The van der Waals surface area contributed by atoms with Crippen molar-refractivity contribution in [1.29, 1.82) is 0 Å². The number of carboxylic acid groups (broad SMARTS) is 1. The van der Waals surface area contributed by atoms with Crippen LogP contribution < -0.4 is 5.32 Å². The molecule has 2 N–H and O–H groups in total. The molecule has 102 valence electrons. The lowest BCUT2D eigenvalue weighted by molar-refractivity contribution is -0.139. The number of hydrogen-bond donors (Lipinski definition) is 2. The Bertz CT molecular complexity index is 303. The van der Waals surface area contributed by atoms with Gasteiger partial charge in [-0.1, -0.05) is 26.0 Å². The molecule has 0 heterocycles. The van der Waals surface area contributed by atoms with E-state index in [0.717, 1.165) is 0 Å². The van der Waals surface area contributed by atoms with Crippen LogP contribution in [0, 0.1) is 5.92 Å². The number of hydrogen-bond acceptors (Lipinski definition) is 2. The van der Waals surface area contributed by atoms with Crippen LogP contribution in [0.15, 0.2) is 25.3 Å². The van der Waals surface area contributed by atoms with Gasteiger partial charge in [-0.25, -0.2) is 9.59 Å². The SMILES string of the molecule is C=CCN(CC=C)C(=O)N[C@H](CC(C)C)C(=O)O. The molecule has 0 radical (unpaired) electrons. The number of carbonyl (C=O) groups excluding carboxylic acids is 1. The summed E-state index contributed by atoms with van der Waals surface area (Å²) in [5, 5.41) is 11.5. The van der Waals surface area contributed by atoms with Gasteiger partial charge in [0, 0.05) is 13.1 Å². The van der Waals surface area contributed by atoms with Crippen LogP contribution in [0.5, 0.6) is 0 Å². The minimum atomic E-state index is -1.02. The number of urea groups is 1. The largest absolute Gasteiger partial charge is 0.480 e. The summed E-state index contributed by atoms with van der Waals surface area (Å²) in [6, 6.07) is -1.28. The second-order valence-electron chi connectivity index (χ2n) is 4.45. The first-order chi connectivity index (χ1) is 8.42. The fraction of sp³-hybridized carbons (Fsp3) is 0.538. The van der Waals surface area contributed by atoms with Gasteiger partial charge in [-0.15, -0.1) is 13.2 Å². The molecule has 0 aromatic heterocycles. The zero-order valence-electron chi connectivity index (χ0n) is 11.1. The summed E-state index contributed by atoms with van der Waals surface area (Å²) in [6.45, 7) is 11.6. The second kappa shape index (κ2) is 8.33. The van der Waals surface area contributed by atoms with Crippen LogP contribution in [-0.4, -0.2) is 41.1 Å². The quantitative estimate of drug-likeness (QED) is 0.650. The summed E-state index contributed by atoms with van der Waals surface area (Å²) in [7, 11) is 0. The van der Waals surface area contributed by atoms with Crippen LogP contribution in [0.2, 0.25) is 0 Å². The van der Waals surface area contributed by atoms with Crippen LogP contribution in [0.25, 0.3) is 0 Å². The molecule has 18 heavy (non-hydrogen) atoms. The Hall–Kier alpha value is -1.78. The fourth-order valence-corrected chi connectivity index (χ4v) is 1.49. The molecule has 0 aromatic rings. The van der Waals surface area contributed by atoms with E-state index in [9.17, 15) is 9.59 Å². The molecule has 0 spiro atoms. The van der Waals surface area contributed by atoms with Crippen LogP contribution in [-0.2, 0) is 4.79 Å². The maximum Gasteiger partial charge on any atom is 0.326 e. The molecule has 0 unspecified atom stereocenters. The van der Waals surface area contributed by atoms with Crippen LogP contribution >= 0.6 is 0 Å². The van der Waals surface area contributed by atoms with Crippen molar-refractivity contribution in [3.63, 3.8) is 0 Å². The molecule has 5 heteroatoms. The number of nitrogens with zero attached hydrogens (tertiary/aromatic N) is 1. The lowest BCUT2D eigenvalue weighted by atomic mass is 10.0. The molecule has 0 fully saturated rings. The molecule has 0 bridgehead atoms. The number of aliphatic carboxylic acids is 1. The third kappa shape index (κ3) is 6.08. The Labute approximate surface area is 108 Å². The third-order valence-electron chi connectivity index (χ3n) is 2.29. The van der Waals surface area contributed by atoms with Crippen molar-refractivity contribution in [2.24, 2.45) is 5.92 Å². The average molecular weight is 254 g/mol. The van der Waals surface area contributed by atoms with E-state index < -0.39 is 18.0 Å². The van der Waals surface area contributed by atoms with Gasteiger partial charge in [0.25, 0.3) is 0 Å². The van der Waals surface area contributed by atoms with E-state index in [1.807, 2.05) is 13.8 Å². The van der Waals surface area contributed by atoms with Crippen molar-refractivity contribution in [1.82, 2.24) is 10.2 Å². The van der Waals surface area contributed by atoms with Gasteiger partial charge in [-0.2, -0.15) is 0 Å². The molecule has 2 amide bonds. The summed E-state index contributed by atoms with van der Waals surface area (Å²) in [5.74, 6) is -0.826. The smallest absolute Gasteiger partial charge is 0.326 e. The number of rotatable bonds is 8. The first-order valence-electron chi connectivity index (χ1n) is 5.92. The maximum atomic E-state index is 11.9. The molecule has 1 atom stereocenters. The molecule has 0 saturated heterocycles. The van der Waals surface area contributed by atoms with Gasteiger partial charge in [0.2, 0.25) is 0 Å². The second-order valence-corrected chi connectivity index (χ2v) is 4.45. The number of nitrogens with one attached hydrogen (secondary N) is 1. The fourth-order valence-electron chi connectivity index (χ4n) is 1.49. The van der Waals surface area contributed by atoms with Crippen molar-refractivity contribution in [2.45, 2.75) is 26.3 Å². The van der Waals surface area contributed by atoms with Crippen molar-refractivity contribution >= 4 is 12.0 Å². The van der Waals surface area contributed by atoms with E-state index >= 15 is 0 Å². The van der Waals surface area contributed by atoms with E-state index in [1.54, 1.807) is 12.2 Å². The highest BCUT2D eigenvalue weighted by molar-refractivity contribution is 5.82. The van der Waals surface area contributed by atoms with Gasteiger partial charge in [0.1, 0.15) is 6.04 Å². The predicted octanol–water partition coefficient (Wildman–Crippen LogP) is 1.87. The molecule has 0 aliphatic rings. The Morgan fingerprint density at radius 3 is 2.11 bits per heavy atom. The minimum Gasteiger partial charge on any atom is -0.480 e. The summed E-state index contributed by atoms with van der Waals surface area (Å²) >= 11 is 0. The first kappa shape index (κ1) is 16.2. The van der Waals surface area contributed by atoms with E-state index in [4.69, 9.17) is 5.11 Å². The van der Waals surface area contributed by atoms with E-state index in [-0.39, 0.29) is 5.92 Å². The van der Waals surface area contributed by atoms with Gasteiger partial charge in [0.05, 0.1) is 0 Å². The first-order valence-corrected chi connectivity index (χ1v) is 5.92. The van der Waals surface area contributed by atoms with Crippen molar-refractivity contribution < 1.29 is 14.7 Å². The lowest BCUT2D eigenvalue weighted by Crippen LogP contribution is -2.48. The monoisotopic (exact) mass is 254 g/mol. The lowest BCUT2D eigenvalue weighted by Gasteiger charge is -2.23. The van der Waals surface area contributed by atoms with Crippen molar-refractivity contribution in [2.75, 3.05) is 13.1 Å². The average Bonchev–Trinajstić information content (AvgIpc) is 2.27. The van der Waals surface area contributed by atoms with E-state index in [0.29, 0.717) is 19.5 Å². The highest BCUT2D eigenvalue weighted by atomic mass is 16.4. The number of carbonyl (C=O) groups is 2. The standard InChI is InChI=1S/C13H22N2O3/c1-5-7-15(8-6-2)13(18)14-11(12(16)17)9-10(3)4/h5-6,10-11H,1-2,7-9H2,3-4H3,(H,14,18)(H,16,17)/t11-/m1/s1. The molecule has 0 aliphatic carbocycles. The van der Waals surface area contributed by atoms with Crippen molar-refractivity contribution in [3.8, 4) is 0 Å². The predicted molar refractivity (Wildman–Crippen MR) is 71.4 cm³/mol. The van der Waals surface area contributed by atoms with Crippen LogP contribution in [0.1, 0.15) is 20.3 Å². The maximum absolute atomic E-state index is 11.9. The Morgan fingerprint density at radius 1 is 1.28 bits per heavy atom. The molecule has 0 saturated carbocycles. The van der Waals surface area contributed by atoms with Gasteiger partial charge in [-0.05, 0) is 12.3 Å². The van der Waals surface area contributed by atoms with Crippen LogP contribution in [0.4, 0.5) is 4.79 Å². The molecular formula is C13H22N2O3. The minimum absolute atomic E-state index is 0.193. The van der Waals surface area contributed by atoms with E-state index in [1.165, 1.54) is 4.90 Å². The zero-order chi connectivity index (χ0) is 14.1. The van der Waals surface area contributed by atoms with Gasteiger partial charge < -0.3 is 15.3 Å². The zero-order valence-corrected chi connectivity index (χ0v) is 11.1. The van der Waals surface area contributed by atoms with Gasteiger partial charge in [-0.3, -0.25) is 0 Å². The number of carboxylic acids is 1. The topological polar surface area (TPSA) is 69.6 Å². The Morgan fingerprint density at radius 2 is 1.78 bits per heavy atom. The van der Waals surface area contributed by atoms with Crippen LogP contribution in [0.3, 0.4) is 0 Å². The van der Waals surface area contributed by atoms with E-state index in [2.05, 4.69) is 18.5 Å². The highest BCUT2D eigenvalue weighted by Gasteiger charge is 2.23. The van der Waals surface area contributed by atoms with Crippen molar-refractivity contribution in [3.05, 3.63) is 25.3 Å². The highest BCUT2D eigenvalue weighted by Crippen LogP contribution is 2.05. The molecule has 0 rings (SSSR count). The van der Waals surface area contributed by atoms with Gasteiger partial charge in [0.15, 0.2) is 0 Å². The molecule has 0 aromatic carbocycles. The summed E-state index contributed by atoms with van der Waals surface area (Å²) in [5.41, 5.74) is 0. The summed E-state index contributed by atoms with van der Waals surface area (Å²) < 4.78 is 0. The Kier molecular flexibility index (Phi) is 7.51. The summed E-state index contributed by atoms with van der Waals surface area (Å²) in [6.07, 6.45) is 3.57. The molecular weight excluding hydrogens is 232 g/mol. The van der Waals surface area contributed by atoms with Gasteiger partial charge >= 0.3 is 12.0 Å². The number of amides is 2. The normalized spacial score (nSPS) is 11.7. The molecule has 5 nitrogen and oxygen atoms in total.